The Morgan fingerprint density at radius 2 is 1.69 bits per heavy atom. The van der Waals surface area contributed by atoms with Crippen LogP contribution in [0.25, 0.3) is 0 Å². The Kier molecular flexibility index (Phi) is 6.16. The highest BCUT2D eigenvalue weighted by atomic mass is 35.5. The minimum atomic E-state index is -0.250. The van der Waals surface area contributed by atoms with Crippen LogP contribution in [0.1, 0.15) is 0 Å². The van der Waals surface area contributed by atoms with Crippen LogP contribution in [-0.4, -0.2) is 16.6 Å². The molecule has 0 aliphatic carbocycles. The smallest absolute Gasteiger partial charge is 0.290 e. The van der Waals surface area contributed by atoms with E-state index in [1.807, 2.05) is 0 Å². The highest BCUT2D eigenvalue weighted by Crippen LogP contribution is 2.33. The summed E-state index contributed by atoms with van der Waals surface area (Å²) < 4.78 is 0. The normalized spacial score (nSPS) is 8.62. The number of nitrogens with zero attached hydrogens (tertiary/aromatic N) is 1. The molecule has 1 rings (SSSR count). The van der Waals surface area contributed by atoms with Crippen molar-refractivity contribution in [3.8, 4) is 0 Å². The van der Waals surface area contributed by atoms with E-state index < -0.39 is 0 Å². The summed E-state index contributed by atoms with van der Waals surface area (Å²) in [5, 5.41) is 7.78. The lowest BCUT2D eigenvalue weighted by Crippen LogP contribution is -1.78. The van der Waals surface area contributed by atoms with Gasteiger partial charge >= 0.3 is 0 Å². The number of hydrogen-bond acceptors (Lipinski definition) is 2. The number of halogens is 4. The predicted molar refractivity (Wildman–Crippen MR) is 53.0 cm³/mol. The Bertz CT molecular complexity index is 278. The van der Waals surface area contributed by atoms with Gasteiger partial charge in [0.25, 0.3) is 6.47 Å². The van der Waals surface area contributed by atoms with Gasteiger partial charge in [-0.25, -0.2) is 4.98 Å². The van der Waals surface area contributed by atoms with Crippen molar-refractivity contribution in [3.05, 3.63) is 26.4 Å². The molecule has 0 saturated heterocycles. The van der Waals surface area contributed by atoms with Gasteiger partial charge in [0, 0.05) is 6.20 Å². The third-order valence-corrected chi connectivity index (χ3v) is 2.50. The molecule has 1 aromatic heterocycles. The van der Waals surface area contributed by atoms with Gasteiger partial charge in [0.2, 0.25) is 0 Å². The molecule has 0 aliphatic heterocycles. The predicted octanol–water partition coefficient (Wildman–Crippen LogP) is 3.40. The summed E-state index contributed by atoms with van der Waals surface area (Å²) in [6, 6.07) is 0. The second-order valence-electron chi connectivity index (χ2n) is 1.63. The van der Waals surface area contributed by atoms with Crippen LogP contribution in [0.15, 0.2) is 6.20 Å². The van der Waals surface area contributed by atoms with Crippen molar-refractivity contribution in [2.75, 3.05) is 0 Å². The van der Waals surface area contributed by atoms with Crippen LogP contribution in [-0.2, 0) is 4.79 Å². The highest BCUT2D eigenvalue weighted by Gasteiger charge is 2.06. The fourth-order valence-electron chi connectivity index (χ4n) is 0.422. The first-order valence-electron chi connectivity index (χ1n) is 2.77. The highest BCUT2D eigenvalue weighted by molar-refractivity contribution is 6.51. The Morgan fingerprint density at radius 3 is 2.08 bits per heavy atom. The third kappa shape index (κ3) is 4.00. The summed E-state index contributed by atoms with van der Waals surface area (Å²) >= 11 is 22.2. The third-order valence-electron chi connectivity index (χ3n) is 0.875. The molecule has 0 amide bonds. The summed E-state index contributed by atoms with van der Waals surface area (Å²) in [5.41, 5.74) is 0. The largest absolute Gasteiger partial charge is 0.483 e. The summed E-state index contributed by atoms with van der Waals surface area (Å²) in [5.74, 6) is 0. The zero-order valence-corrected chi connectivity index (χ0v) is 8.99. The van der Waals surface area contributed by atoms with Gasteiger partial charge in [0.1, 0.15) is 5.15 Å². The number of hydrogen-bond donors (Lipinski definition) is 1. The monoisotopic (exact) mass is 261 g/mol. The number of pyridine rings is 1. The molecule has 0 aliphatic rings. The molecule has 0 radical (unpaired) electrons. The summed E-state index contributed by atoms with van der Waals surface area (Å²) in [7, 11) is 0. The van der Waals surface area contributed by atoms with E-state index in [0.717, 1.165) is 0 Å². The Hall–Kier alpha value is -0.220. The van der Waals surface area contributed by atoms with Crippen LogP contribution in [0, 0.1) is 0 Å². The Labute approximate surface area is 94.2 Å². The molecule has 13 heavy (non-hydrogen) atoms. The average molecular weight is 263 g/mol. The lowest BCUT2D eigenvalue weighted by Gasteiger charge is -1.97. The van der Waals surface area contributed by atoms with Crippen molar-refractivity contribution < 1.29 is 9.90 Å². The molecule has 1 aromatic rings. The van der Waals surface area contributed by atoms with Crippen molar-refractivity contribution in [2.45, 2.75) is 0 Å². The van der Waals surface area contributed by atoms with E-state index in [0.29, 0.717) is 5.02 Å². The van der Waals surface area contributed by atoms with Crippen molar-refractivity contribution in [3.63, 3.8) is 0 Å². The van der Waals surface area contributed by atoms with Crippen molar-refractivity contribution in [2.24, 2.45) is 0 Å². The van der Waals surface area contributed by atoms with Gasteiger partial charge in [-0.1, -0.05) is 46.4 Å². The molecular weight excluding hydrogens is 260 g/mol. The zero-order valence-electron chi connectivity index (χ0n) is 5.97. The number of rotatable bonds is 0. The van der Waals surface area contributed by atoms with E-state index in [2.05, 4.69) is 4.98 Å². The molecule has 0 bridgehead atoms. The second kappa shape index (κ2) is 6.27. The van der Waals surface area contributed by atoms with Gasteiger partial charge in [0.15, 0.2) is 0 Å². The molecule has 72 valence electrons. The molecular formula is C6H3Cl4NO2. The second-order valence-corrected chi connectivity index (χ2v) is 3.15. The van der Waals surface area contributed by atoms with Crippen LogP contribution >= 0.6 is 46.4 Å². The molecule has 1 N–H and O–H groups in total. The van der Waals surface area contributed by atoms with E-state index in [1.54, 1.807) is 0 Å². The fourth-order valence-corrected chi connectivity index (χ4v) is 1.09. The molecule has 0 saturated carbocycles. The molecule has 1 heterocycles. The van der Waals surface area contributed by atoms with Crippen molar-refractivity contribution in [1.29, 1.82) is 0 Å². The van der Waals surface area contributed by atoms with E-state index in [4.69, 9.17) is 56.3 Å². The van der Waals surface area contributed by atoms with E-state index in [-0.39, 0.29) is 21.7 Å². The van der Waals surface area contributed by atoms with Crippen LogP contribution in [0.2, 0.25) is 20.2 Å². The maximum atomic E-state index is 8.36. The van der Waals surface area contributed by atoms with E-state index >= 15 is 0 Å². The molecule has 0 aromatic carbocycles. The first kappa shape index (κ1) is 12.8. The molecule has 0 atom stereocenters. The Morgan fingerprint density at radius 1 is 1.23 bits per heavy atom. The summed E-state index contributed by atoms with van der Waals surface area (Å²) in [6.45, 7) is -0.250. The van der Waals surface area contributed by atoms with Crippen LogP contribution in [0.3, 0.4) is 0 Å². The number of carbonyl (C=O) groups is 1. The molecule has 0 fully saturated rings. The quantitative estimate of drug-likeness (QED) is 0.576. The topological polar surface area (TPSA) is 50.2 Å². The number of carboxylic acid groups (broad SMARTS) is 1. The van der Waals surface area contributed by atoms with E-state index in [9.17, 15) is 0 Å². The van der Waals surface area contributed by atoms with Crippen LogP contribution in [0.5, 0.6) is 0 Å². The first-order valence-corrected chi connectivity index (χ1v) is 4.28. The first-order chi connectivity index (χ1) is 6.04. The lowest BCUT2D eigenvalue weighted by atomic mass is 10.5. The zero-order chi connectivity index (χ0) is 10.4. The van der Waals surface area contributed by atoms with Crippen molar-refractivity contribution in [1.82, 2.24) is 4.98 Å². The van der Waals surface area contributed by atoms with Crippen molar-refractivity contribution >= 4 is 52.9 Å². The standard InChI is InChI=1S/C5HCl4N.CH2O2/c6-2-1-10-5(9)4(8)3(2)7;2-1-3/h1H;1H,(H,2,3). The Balaban J connectivity index is 0.000000424. The summed E-state index contributed by atoms with van der Waals surface area (Å²) in [6.07, 6.45) is 1.35. The van der Waals surface area contributed by atoms with Gasteiger partial charge in [-0.05, 0) is 0 Å². The SMILES string of the molecule is Clc1cnc(Cl)c(Cl)c1Cl.O=CO. The fraction of sp³-hybridized carbons (Fsp3) is 0. The minimum Gasteiger partial charge on any atom is -0.483 e. The van der Waals surface area contributed by atoms with Crippen LogP contribution < -0.4 is 0 Å². The van der Waals surface area contributed by atoms with Crippen LogP contribution in [0.4, 0.5) is 0 Å². The van der Waals surface area contributed by atoms with Gasteiger partial charge < -0.3 is 5.11 Å². The van der Waals surface area contributed by atoms with E-state index in [1.165, 1.54) is 6.20 Å². The maximum Gasteiger partial charge on any atom is 0.290 e. The number of aromatic nitrogens is 1. The maximum absolute atomic E-state index is 8.36. The molecule has 7 heteroatoms. The molecule has 0 unspecified atom stereocenters. The van der Waals surface area contributed by atoms with Gasteiger partial charge in [-0.3, -0.25) is 4.79 Å². The van der Waals surface area contributed by atoms with Gasteiger partial charge in [-0.15, -0.1) is 0 Å². The van der Waals surface area contributed by atoms with Gasteiger partial charge in [-0.2, -0.15) is 0 Å². The summed E-state index contributed by atoms with van der Waals surface area (Å²) in [4.78, 5) is 12.0. The lowest BCUT2D eigenvalue weighted by molar-refractivity contribution is -0.122. The molecule has 0 spiro atoms. The minimum absolute atomic E-state index is 0.163. The molecule has 3 nitrogen and oxygen atoms in total. The average Bonchev–Trinajstić information content (AvgIpc) is 2.10. The van der Waals surface area contributed by atoms with Gasteiger partial charge in [0.05, 0.1) is 15.1 Å².